The molecule has 0 aliphatic heterocycles. The van der Waals surface area contributed by atoms with Crippen LogP contribution in [0, 0.1) is 6.92 Å². The highest BCUT2D eigenvalue weighted by atomic mass is 16.3. The lowest BCUT2D eigenvalue weighted by molar-refractivity contribution is 0.0992. The summed E-state index contributed by atoms with van der Waals surface area (Å²) >= 11 is 0. The Labute approximate surface area is 138 Å². The van der Waals surface area contributed by atoms with Crippen LogP contribution in [0.2, 0.25) is 0 Å². The van der Waals surface area contributed by atoms with Crippen LogP contribution in [-0.2, 0) is 6.54 Å². The summed E-state index contributed by atoms with van der Waals surface area (Å²) in [7, 11) is 0. The Hall–Kier alpha value is -2.99. The van der Waals surface area contributed by atoms with Gasteiger partial charge >= 0.3 is 0 Å². The molecule has 1 atom stereocenters. The second-order valence-electron chi connectivity index (χ2n) is 5.67. The van der Waals surface area contributed by atoms with E-state index in [9.17, 15) is 14.7 Å². The number of carbonyl (C=O) groups excluding carboxylic acids is 1. The number of aliphatic hydroxyl groups excluding tert-OH is 1. The lowest BCUT2D eigenvalue weighted by atomic mass is 10.1. The summed E-state index contributed by atoms with van der Waals surface area (Å²) in [4.78, 5) is 24.2. The van der Waals surface area contributed by atoms with Crippen LogP contribution in [0.15, 0.2) is 53.3 Å². The van der Waals surface area contributed by atoms with Gasteiger partial charge in [-0.3, -0.25) is 9.59 Å². The zero-order valence-corrected chi connectivity index (χ0v) is 13.1. The van der Waals surface area contributed by atoms with Crippen molar-refractivity contribution < 1.29 is 9.90 Å². The van der Waals surface area contributed by atoms with E-state index in [-0.39, 0.29) is 17.8 Å². The van der Waals surface area contributed by atoms with Crippen LogP contribution in [0.25, 0.3) is 10.8 Å². The molecule has 6 heteroatoms. The molecule has 0 spiro atoms. The zero-order valence-electron chi connectivity index (χ0n) is 13.1. The molecule has 0 saturated heterocycles. The van der Waals surface area contributed by atoms with Gasteiger partial charge in [-0.2, -0.15) is 5.10 Å². The van der Waals surface area contributed by atoms with E-state index < -0.39 is 12.0 Å². The van der Waals surface area contributed by atoms with Crippen LogP contribution in [0.5, 0.6) is 0 Å². The fourth-order valence-electron chi connectivity index (χ4n) is 2.60. The SMILES string of the molecule is Cc1ccc(C(O)Cn2nc(C(N)=O)c3ccccc3c2=O)cc1. The molecule has 2 aromatic carbocycles. The minimum atomic E-state index is -0.919. The molecule has 0 fully saturated rings. The van der Waals surface area contributed by atoms with Gasteiger partial charge in [0.05, 0.1) is 18.0 Å². The molecule has 3 rings (SSSR count). The van der Waals surface area contributed by atoms with Crippen LogP contribution >= 0.6 is 0 Å². The van der Waals surface area contributed by atoms with E-state index in [2.05, 4.69) is 5.10 Å². The summed E-state index contributed by atoms with van der Waals surface area (Å²) in [6, 6.07) is 14.0. The molecule has 0 aliphatic rings. The number of aromatic nitrogens is 2. The standard InChI is InChI=1S/C18H17N3O3/c1-11-6-8-12(9-7-11)15(22)10-21-18(24)14-5-3-2-4-13(14)16(20-21)17(19)23/h2-9,15,22H,10H2,1H3,(H2,19,23). The number of rotatable bonds is 4. The van der Waals surface area contributed by atoms with E-state index in [1.165, 1.54) is 0 Å². The van der Waals surface area contributed by atoms with Gasteiger partial charge in [-0.15, -0.1) is 0 Å². The van der Waals surface area contributed by atoms with Gasteiger partial charge in [-0.05, 0) is 18.6 Å². The summed E-state index contributed by atoms with van der Waals surface area (Å²) in [5, 5.41) is 15.2. The maximum absolute atomic E-state index is 12.6. The zero-order chi connectivity index (χ0) is 17.3. The summed E-state index contributed by atoms with van der Waals surface area (Å²) in [6.07, 6.45) is -0.919. The molecule has 1 aromatic heterocycles. The predicted molar refractivity (Wildman–Crippen MR) is 90.7 cm³/mol. The number of primary amides is 1. The first-order chi connectivity index (χ1) is 11.5. The highest BCUT2D eigenvalue weighted by molar-refractivity contribution is 6.03. The van der Waals surface area contributed by atoms with Crippen molar-refractivity contribution in [2.75, 3.05) is 0 Å². The minimum absolute atomic E-state index is 0.0151. The number of fused-ring (bicyclic) bond motifs is 1. The minimum Gasteiger partial charge on any atom is -0.386 e. The summed E-state index contributed by atoms with van der Waals surface area (Å²) in [5.74, 6) is -0.718. The van der Waals surface area contributed by atoms with E-state index in [0.717, 1.165) is 10.2 Å². The highest BCUT2D eigenvalue weighted by Crippen LogP contribution is 2.17. The predicted octanol–water partition coefficient (Wildman–Crippen LogP) is 1.54. The van der Waals surface area contributed by atoms with Crippen molar-refractivity contribution in [1.82, 2.24) is 9.78 Å². The van der Waals surface area contributed by atoms with E-state index in [1.54, 1.807) is 36.4 Å². The van der Waals surface area contributed by atoms with E-state index in [1.807, 2.05) is 19.1 Å². The molecule has 24 heavy (non-hydrogen) atoms. The Morgan fingerprint density at radius 2 is 1.79 bits per heavy atom. The largest absolute Gasteiger partial charge is 0.386 e. The number of aryl methyl sites for hydroxylation is 1. The molecule has 3 N–H and O–H groups in total. The lowest BCUT2D eigenvalue weighted by Crippen LogP contribution is -2.29. The molecule has 1 unspecified atom stereocenters. The van der Waals surface area contributed by atoms with Crippen molar-refractivity contribution in [3.63, 3.8) is 0 Å². The molecule has 0 saturated carbocycles. The maximum atomic E-state index is 12.6. The monoisotopic (exact) mass is 323 g/mol. The quantitative estimate of drug-likeness (QED) is 0.761. The molecule has 0 bridgehead atoms. The number of benzene rings is 2. The molecule has 0 radical (unpaired) electrons. The van der Waals surface area contributed by atoms with Crippen molar-refractivity contribution in [3.8, 4) is 0 Å². The Bertz CT molecular complexity index is 961. The van der Waals surface area contributed by atoms with Crippen molar-refractivity contribution in [2.45, 2.75) is 19.6 Å². The number of amides is 1. The molecule has 1 amide bonds. The number of hydrogen-bond donors (Lipinski definition) is 2. The summed E-state index contributed by atoms with van der Waals surface area (Å²) in [5.41, 5.74) is 6.76. The van der Waals surface area contributed by atoms with E-state index in [4.69, 9.17) is 5.73 Å². The molecular formula is C18H17N3O3. The smallest absolute Gasteiger partial charge is 0.274 e. The summed E-state index contributed by atoms with van der Waals surface area (Å²) < 4.78 is 1.09. The first-order valence-electron chi connectivity index (χ1n) is 7.51. The Balaban J connectivity index is 2.06. The number of hydrogen-bond acceptors (Lipinski definition) is 4. The van der Waals surface area contributed by atoms with Gasteiger partial charge < -0.3 is 10.8 Å². The molecule has 1 heterocycles. The average molecular weight is 323 g/mol. The Morgan fingerprint density at radius 3 is 2.42 bits per heavy atom. The van der Waals surface area contributed by atoms with Crippen molar-refractivity contribution >= 4 is 16.7 Å². The molecule has 122 valence electrons. The van der Waals surface area contributed by atoms with Gasteiger partial charge in [-0.25, -0.2) is 4.68 Å². The van der Waals surface area contributed by atoms with Gasteiger partial charge in [0.2, 0.25) is 0 Å². The van der Waals surface area contributed by atoms with Crippen LogP contribution in [-0.4, -0.2) is 20.8 Å². The molecule has 0 aliphatic carbocycles. The molecule has 6 nitrogen and oxygen atoms in total. The fraction of sp³-hybridized carbons (Fsp3) is 0.167. The van der Waals surface area contributed by atoms with E-state index in [0.29, 0.717) is 16.3 Å². The van der Waals surface area contributed by atoms with Gasteiger partial charge in [0.1, 0.15) is 0 Å². The van der Waals surface area contributed by atoms with Crippen molar-refractivity contribution in [1.29, 1.82) is 0 Å². The number of nitrogens with two attached hydrogens (primary N) is 1. The van der Waals surface area contributed by atoms with Crippen LogP contribution in [0.3, 0.4) is 0 Å². The first-order valence-corrected chi connectivity index (χ1v) is 7.51. The van der Waals surface area contributed by atoms with Gasteiger partial charge in [-0.1, -0.05) is 48.0 Å². The second-order valence-corrected chi connectivity index (χ2v) is 5.67. The lowest BCUT2D eigenvalue weighted by Gasteiger charge is -2.14. The van der Waals surface area contributed by atoms with Crippen molar-refractivity contribution in [3.05, 3.63) is 75.7 Å². The van der Waals surface area contributed by atoms with Crippen LogP contribution < -0.4 is 11.3 Å². The van der Waals surface area contributed by atoms with Crippen LogP contribution in [0.1, 0.15) is 27.7 Å². The normalized spacial score (nSPS) is 12.2. The topological polar surface area (TPSA) is 98.2 Å². The fourth-order valence-corrected chi connectivity index (χ4v) is 2.60. The average Bonchev–Trinajstić information content (AvgIpc) is 2.57. The number of carbonyl (C=O) groups is 1. The third-order valence-electron chi connectivity index (χ3n) is 3.91. The number of aliphatic hydroxyl groups is 1. The number of nitrogens with zero attached hydrogens (tertiary/aromatic N) is 2. The second kappa shape index (κ2) is 6.25. The third-order valence-corrected chi connectivity index (χ3v) is 3.91. The molecular weight excluding hydrogens is 306 g/mol. The van der Waals surface area contributed by atoms with Gasteiger partial charge in [0.15, 0.2) is 5.69 Å². The van der Waals surface area contributed by atoms with Gasteiger partial charge in [0, 0.05) is 5.39 Å². The Morgan fingerprint density at radius 1 is 1.17 bits per heavy atom. The van der Waals surface area contributed by atoms with Crippen molar-refractivity contribution in [2.24, 2.45) is 5.73 Å². The van der Waals surface area contributed by atoms with Crippen LogP contribution in [0.4, 0.5) is 0 Å². The Kier molecular flexibility index (Phi) is 4.14. The highest BCUT2D eigenvalue weighted by Gasteiger charge is 2.16. The third kappa shape index (κ3) is 2.91. The van der Waals surface area contributed by atoms with E-state index >= 15 is 0 Å². The summed E-state index contributed by atoms with van der Waals surface area (Å²) in [6.45, 7) is 1.89. The first kappa shape index (κ1) is 15.9. The molecule has 3 aromatic rings. The maximum Gasteiger partial charge on any atom is 0.274 e. The van der Waals surface area contributed by atoms with Gasteiger partial charge in [0.25, 0.3) is 11.5 Å².